The zero-order chi connectivity index (χ0) is 27.2. The number of nitrogens with zero attached hydrogens (tertiary/aromatic N) is 4. The predicted molar refractivity (Wildman–Crippen MR) is 162 cm³/mol. The summed E-state index contributed by atoms with van der Waals surface area (Å²) in [6.07, 6.45) is 0. The molecule has 2 heterocycles. The summed E-state index contributed by atoms with van der Waals surface area (Å²) in [5, 5.41) is 14.7. The zero-order valence-electron chi connectivity index (χ0n) is 22.5. The molecule has 0 saturated carbocycles. The van der Waals surface area contributed by atoms with E-state index < -0.39 is 4.99 Å². The molecular weight excluding hydrogens is 500 g/mol. The number of thioether (sulfide) groups is 1. The Kier molecular flexibility index (Phi) is 6.15. The molecule has 5 nitrogen and oxygen atoms in total. The lowest BCUT2D eigenvalue weighted by Gasteiger charge is -2.47. The van der Waals surface area contributed by atoms with Crippen LogP contribution in [0.25, 0.3) is 0 Å². The molecule has 0 amide bonds. The van der Waals surface area contributed by atoms with Crippen LogP contribution in [-0.2, 0) is 15.2 Å². The molecule has 194 valence electrons. The number of ketones is 1. The number of para-hydroxylation sites is 2. The van der Waals surface area contributed by atoms with E-state index in [9.17, 15) is 4.79 Å². The Bertz CT molecular complexity index is 1590. The molecule has 1 atom stereocenters. The SMILES string of the molecule is CC(=O)C1=NN(c2ccccc2)[C@@]2(S1)c1ccccc1C(c1ccc(C(C)(C)C)cc1)=NN2c1ccccc1. The number of hydrazone groups is 2. The summed E-state index contributed by atoms with van der Waals surface area (Å²) in [6.45, 7) is 8.23. The molecule has 0 unspecified atom stereocenters. The molecular formula is C33H30N4OS. The Hall–Kier alpha value is -4.16. The first-order valence-electron chi connectivity index (χ1n) is 13.1. The number of fused-ring (bicyclic) bond motifs is 2. The van der Waals surface area contributed by atoms with Crippen molar-refractivity contribution in [2.45, 2.75) is 38.1 Å². The van der Waals surface area contributed by atoms with E-state index in [2.05, 4.69) is 69.3 Å². The molecule has 0 aromatic heterocycles. The van der Waals surface area contributed by atoms with Gasteiger partial charge in [-0.3, -0.25) is 4.79 Å². The molecule has 4 aromatic rings. The molecule has 1 spiro atoms. The van der Waals surface area contributed by atoms with Crippen LogP contribution in [0.5, 0.6) is 0 Å². The van der Waals surface area contributed by atoms with Gasteiger partial charge in [-0.15, -0.1) is 0 Å². The minimum absolute atomic E-state index is 0.0576. The highest BCUT2D eigenvalue weighted by Gasteiger charge is 2.55. The van der Waals surface area contributed by atoms with Gasteiger partial charge in [0.15, 0.2) is 10.8 Å². The number of anilines is 2. The van der Waals surface area contributed by atoms with Crippen LogP contribution in [0.2, 0.25) is 0 Å². The topological polar surface area (TPSA) is 48.3 Å². The molecule has 2 aliphatic rings. The number of hydrogen-bond acceptors (Lipinski definition) is 6. The molecule has 0 N–H and O–H groups in total. The maximum absolute atomic E-state index is 12.8. The first-order chi connectivity index (χ1) is 18.8. The number of rotatable bonds is 4. The summed E-state index contributed by atoms with van der Waals surface area (Å²) in [5.41, 5.74) is 7.07. The van der Waals surface area contributed by atoms with Crippen molar-refractivity contribution in [2.75, 3.05) is 10.0 Å². The fourth-order valence-electron chi connectivity index (χ4n) is 5.06. The van der Waals surface area contributed by atoms with Crippen LogP contribution in [0.4, 0.5) is 11.4 Å². The van der Waals surface area contributed by atoms with Crippen molar-refractivity contribution in [3.8, 4) is 0 Å². The third-order valence-electron chi connectivity index (χ3n) is 7.06. The van der Waals surface area contributed by atoms with Gasteiger partial charge in [-0.1, -0.05) is 106 Å². The zero-order valence-corrected chi connectivity index (χ0v) is 23.3. The van der Waals surface area contributed by atoms with Crippen molar-refractivity contribution in [3.05, 3.63) is 131 Å². The van der Waals surface area contributed by atoms with E-state index in [1.165, 1.54) is 17.3 Å². The second-order valence-electron chi connectivity index (χ2n) is 10.8. The highest BCUT2D eigenvalue weighted by atomic mass is 32.2. The number of Topliss-reactive ketones (excluding diaryl/α,β-unsaturated/α-hetero) is 1. The number of benzene rings is 4. The van der Waals surface area contributed by atoms with Gasteiger partial charge in [0.1, 0.15) is 0 Å². The molecule has 4 aromatic carbocycles. The van der Waals surface area contributed by atoms with Crippen molar-refractivity contribution in [1.82, 2.24) is 0 Å². The maximum atomic E-state index is 12.8. The summed E-state index contributed by atoms with van der Waals surface area (Å²) in [7, 11) is 0. The molecule has 6 rings (SSSR count). The van der Waals surface area contributed by atoms with Crippen LogP contribution in [0, 0.1) is 0 Å². The third kappa shape index (κ3) is 4.25. The fraction of sp³-hybridized carbons (Fsp3) is 0.182. The molecule has 0 fully saturated rings. The summed E-state index contributed by atoms with van der Waals surface area (Å²) >= 11 is 1.44. The average Bonchev–Trinajstić information content (AvgIpc) is 3.35. The van der Waals surface area contributed by atoms with Crippen LogP contribution in [0.1, 0.15) is 49.9 Å². The normalized spacial score (nSPS) is 18.6. The van der Waals surface area contributed by atoms with E-state index in [4.69, 9.17) is 10.2 Å². The first kappa shape index (κ1) is 25.1. The molecule has 0 radical (unpaired) electrons. The van der Waals surface area contributed by atoms with Gasteiger partial charge in [0.2, 0.25) is 4.99 Å². The monoisotopic (exact) mass is 530 g/mol. The number of hydrogen-bond donors (Lipinski definition) is 0. The second kappa shape index (κ2) is 9.54. The van der Waals surface area contributed by atoms with E-state index in [0.717, 1.165) is 33.8 Å². The van der Waals surface area contributed by atoms with Crippen molar-refractivity contribution >= 4 is 39.7 Å². The minimum atomic E-state index is -0.935. The van der Waals surface area contributed by atoms with E-state index in [-0.39, 0.29) is 11.2 Å². The van der Waals surface area contributed by atoms with Gasteiger partial charge in [-0.2, -0.15) is 10.2 Å². The summed E-state index contributed by atoms with van der Waals surface area (Å²) in [6, 6.07) is 37.1. The van der Waals surface area contributed by atoms with Crippen LogP contribution < -0.4 is 10.0 Å². The lowest BCUT2D eigenvalue weighted by Crippen LogP contribution is -2.54. The lowest BCUT2D eigenvalue weighted by atomic mass is 9.85. The van der Waals surface area contributed by atoms with Crippen molar-refractivity contribution in [3.63, 3.8) is 0 Å². The van der Waals surface area contributed by atoms with Gasteiger partial charge in [0, 0.05) is 23.6 Å². The molecule has 0 saturated heterocycles. The van der Waals surface area contributed by atoms with Gasteiger partial charge >= 0.3 is 0 Å². The van der Waals surface area contributed by atoms with Gasteiger partial charge in [0.25, 0.3) is 0 Å². The Balaban J connectivity index is 1.62. The quantitative estimate of drug-likeness (QED) is 0.274. The summed E-state index contributed by atoms with van der Waals surface area (Å²) < 4.78 is 0. The second-order valence-corrected chi connectivity index (χ2v) is 11.9. The smallest absolute Gasteiger partial charge is 0.234 e. The molecule has 6 heteroatoms. The van der Waals surface area contributed by atoms with Crippen molar-refractivity contribution in [2.24, 2.45) is 10.2 Å². The molecule has 0 bridgehead atoms. The summed E-state index contributed by atoms with van der Waals surface area (Å²) in [5.74, 6) is -0.0733. The Labute approximate surface area is 233 Å². The first-order valence-corrected chi connectivity index (χ1v) is 13.9. The number of carbonyl (C=O) groups excluding carboxylic acids is 1. The average molecular weight is 531 g/mol. The maximum Gasteiger partial charge on any atom is 0.234 e. The van der Waals surface area contributed by atoms with E-state index in [1.807, 2.05) is 70.7 Å². The fourth-order valence-corrected chi connectivity index (χ4v) is 6.35. The van der Waals surface area contributed by atoms with E-state index >= 15 is 0 Å². The molecule has 2 aliphatic heterocycles. The van der Waals surface area contributed by atoms with Gasteiger partial charge in [-0.05, 0) is 47.0 Å². The molecule has 0 aliphatic carbocycles. The van der Waals surface area contributed by atoms with E-state index in [1.54, 1.807) is 6.92 Å². The van der Waals surface area contributed by atoms with Crippen LogP contribution in [0.3, 0.4) is 0 Å². The van der Waals surface area contributed by atoms with Crippen molar-refractivity contribution in [1.29, 1.82) is 0 Å². The van der Waals surface area contributed by atoms with Crippen molar-refractivity contribution < 1.29 is 4.79 Å². The summed E-state index contributed by atoms with van der Waals surface area (Å²) in [4.78, 5) is 11.8. The Morgan fingerprint density at radius 1 is 0.718 bits per heavy atom. The van der Waals surface area contributed by atoms with Crippen LogP contribution in [-0.4, -0.2) is 16.5 Å². The standard InChI is InChI=1S/C33H30N4OS/c1-23(38)31-35-37(27-15-9-6-10-16-27)33(39-31)29-18-12-11-17-28(29)30(34-36(33)26-13-7-5-8-14-26)24-19-21-25(22-20-24)32(2,3)4/h5-22H,1-4H3/t33-/m1/s1. The highest BCUT2D eigenvalue weighted by Crippen LogP contribution is 2.55. The number of carbonyl (C=O) groups is 1. The highest BCUT2D eigenvalue weighted by molar-refractivity contribution is 8.17. The van der Waals surface area contributed by atoms with Crippen LogP contribution in [0.15, 0.2) is 119 Å². The third-order valence-corrected chi connectivity index (χ3v) is 8.48. The van der Waals surface area contributed by atoms with E-state index in [0.29, 0.717) is 5.04 Å². The predicted octanol–water partition coefficient (Wildman–Crippen LogP) is 7.52. The van der Waals surface area contributed by atoms with Crippen LogP contribution >= 0.6 is 11.8 Å². The van der Waals surface area contributed by atoms with Gasteiger partial charge < -0.3 is 0 Å². The molecule has 39 heavy (non-hydrogen) atoms. The lowest BCUT2D eigenvalue weighted by molar-refractivity contribution is -0.110. The van der Waals surface area contributed by atoms with Gasteiger partial charge in [-0.25, -0.2) is 10.0 Å². The minimum Gasteiger partial charge on any atom is -0.292 e. The Morgan fingerprint density at radius 2 is 1.26 bits per heavy atom. The van der Waals surface area contributed by atoms with Gasteiger partial charge in [0.05, 0.1) is 17.1 Å². The largest absolute Gasteiger partial charge is 0.292 e. The Morgan fingerprint density at radius 3 is 1.82 bits per heavy atom.